The van der Waals surface area contributed by atoms with Crippen LogP contribution < -0.4 is 5.32 Å². The van der Waals surface area contributed by atoms with Gasteiger partial charge >= 0.3 is 0 Å². The number of carbonyl (C=O) groups excluding carboxylic acids is 1. The van der Waals surface area contributed by atoms with Crippen molar-refractivity contribution in [1.82, 2.24) is 10.3 Å². The number of hydrogen-bond acceptors (Lipinski definition) is 3. The van der Waals surface area contributed by atoms with Gasteiger partial charge in [0.15, 0.2) is 0 Å². The standard InChI is InChI=1S/C14H16N2O2/c17-8-2-1-3-11-6-7-13(15-9-11)14(18)16-10-12-4-5-12/h6-7,9,12,17H,2,4-5,8,10H2,(H,16,18). The average molecular weight is 244 g/mol. The topological polar surface area (TPSA) is 62.2 Å². The van der Waals surface area contributed by atoms with E-state index >= 15 is 0 Å². The third-order valence-electron chi connectivity index (χ3n) is 2.71. The average Bonchev–Trinajstić information content (AvgIpc) is 3.21. The predicted octanol–water partition coefficient (Wildman–Crippen LogP) is 0.955. The fourth-order valence-corrected chi connectivity index (χ4v) is 1.47. The van der Waals surface area contributed by atoms with Crippen molar-refractivity contribution in [1.29, 1.82) is 0 Å². The summed E-state index contributed by atoms with van der Waals surface area (Å²) in [5.41, 5.74) is 1.17. The van der Waals surface area contributed by atoms with E-state index in [9.17, 15) is 4.79 Å². The van der Waals surface area contributed by atoms with Crippen LogP contribution in [0.15, 0.2) is 18.3 Å². The van der Waals surface area contributed by atoms with Crippen LogP contribution >= 0.6 is 0 Å². The van der Waals surface area contributed by atoms with Crippen LogP contribution in [0.1, 0.15) is 35.3 Å². The lowest BCUT2D eigenvalue weighted by Gasteiger charge is -2.02. The van der Waals surface area contributed by atoms with E-state index in [0.29, 0.717) is 18.0 Å². The molecule has 18 heavy (non-hydrogen) atoms. The maximum atomic E-state index is 11.7. The second-order valence-corrected chi connectivity index (χ2v) is 4.36. The van der Waals surface area contributed by atoms with Gasteiger partial charge in [-0.15, -0.1) is 0 Å². The van der Waals surface area contributed by atoms with Crippen molar-refractivity contribution in [2.75, 3.05) is 13.2 Å². The summed E-state index contributed by atoms with van der Waals surface area (Å²) in [6, 6.07) is 3.44. The van der Waals surface area contributed by atoms with E-state index in [1.165, 1.54) is 12.8 Å². The molecule has 0 saturated heterocycles. The van der Waals surface area contributed by atoms with E-state index in [4.69, 9.17) is 5.11 Å². The quantitative estimate of drug-likeness (QED) is 0.775. The minimum Gasteiger partial charge on any atom is -0.395 e. The first-order chi connectivity index (χ1) is 8.79. The molecule has 0 spiro atoms. The van der Waals surface area contributed by atoms with E-state index in [1.54, 1.807) is 18.3 Å². The van der Waals surface area contributed by atoms with Crippen molar-refractivity contribution < 1.29 is 9.90 Å². The second kappa shape index (κ2) is 6.18. The van der Waals surface area contributed by atoms with Crippen LogP contribution in [0.5, 0.6) is 0 Å². The molecule has 0 aliphatic heterocycles. The summed E-state index contributed by atoms with van der Waals surface area (Å²) in [4.78, 5) is 15.8. The Morgan fingerprint density at radius 2 is 2.33 bits per heavy atom. The van der Waals surface area contributed by atoms with Gasteiger partial charge in [0.1, 0.15) is 5.69 Å². The van der Waals surface area contributed by atoms with Gasteiger partial charge in [0, 0.05) is 24.7 Å². The number of aliphatic hydroxyl groups is 1. The molecule has 1 aromatic rings. The molecule has 1 heterocycles. The van der Waals surface area contributed by atoms with Crippen LogP contribution in [0.3, 0.4) is 0 Å². The molecule has 2 rings (SSSR count). The Balaban J connectivity index is 1.89. The summed E-state index contributed by atoms with van der Waals surface area (Å²) in [6.45, 7) is 0.806. The second-order valence-electron chi connectivity index (χ2n) is 4.36. The molecule has 0 aromatic carbocycles. The minimum absolute atomic E-state index is 0.0576. The number of aromatic nitrogens is 1. The third kappa shape index (κ3) is 3.86. The van der Waals surface area contributed by atoms with Crippen molar-refractivity contribution in [2.45, 2.75) is 19.3 Å². The first-order valence-corrected chi connectivity index (χ1v) is 6.13. The Bertz CT molecular complexity index is 467. The number of hydrogen-bond donors (Lipinski definition) is 2. The highest BCUT2D eigenvalue weighted by Crippen LogP contribution is 2.27. The van der Waals surface area contributed by atoms with E-state index in [2.05, 4.69) is 22.1 Å². The fraction of sp³-hybridized carbons (Fsp3) is 0.429. The van der Waals surface area contributed by atoms with Crippen molar-refractivity contribution in [3.63, 3.8) is 0 Å². The highest BCUT2D eigenvalue weighted by molar-refractivity contribution is 5.92. The summed E-state index contributed by atoms with van der Waals surface area (Å²) in [6.07, 6.45) is 4.46. The number of nitrogens with one attached hydrogen (secondary N) is 1. The fourth-order valence-electron chi connectivity index (χ4n) is 1.47. The summed E-state index contributed by atoms with van der Waals surface area (Å²) < 4.78 is 0. The first kappa shape index (κ1) is 12.6. The molecule has 4 heteroatoms. The van der Waals surface area contributed by atoms with Crippen molar-refractivity contribution in [3.8, 4) is 11.8 Å². The molecule has 1 amide bonds. The van der Waals surface area contributed by atoms with Crippen LogP contribution in [0, 0.1) is 17.8 Å². The van der Waals surface area contributed by atoms with Gasteiger partial charge in [0.05, 0.1) is 6.61 Å². The van der Waals surface area contributed by atoms with Crippen LogP contribution in [0.25, 0.3) is 0 Å². The monoisotopic (exact) mass is 244 g/mol. The number of nitrogens with zero attached hydrogens (tertiary/aromatic N) is 1. The zero-order valence-corrected chi connectivity index (χ0v) is 10.1. The molecule has 94 valence electrons. The molecular weight excluding hydrogens is 228 g/mol. The van der Waals surface area contributed by atoms with Gasteiger partial charge < -0.3 is 10.4 Å². The van der Waals surface area contributed by atoms with E-state index in [-0.39, 0.29) is 12.5 Å². The number of pyridine rings is 1. The van der Waals surface area contributed by atoms with Crippen molar-refractivity contribution in [2.24, 2.45) is 5.92 Å². The molecule has 1 saturated carbocycles. The van der Waals surface area contributed by atoms with Crippen LogP contribution in [0.2, 0.25) is 0 Å². The first-order valence-electron chi connectivity index (χ1n) is 6.13. The Hall–Kier alpha value is -1.86. The molecule has 1 aliphatic rings. The van der Waals surface area contributed by atoms with Crippen molar-refractivity contribution in [3.05, 3.63) is 29.6 Å². The highest BCUT2D eigenvalue weighted by atomic mass is 16.2. The molecule has 0 radical (unpaired) electrons. The smallest absolute Gasteiger partial charge is 0.269 e. The highest BCUT2D eigenvalue weighted by Gasteiger charge is 2.21. The normalized spacial score (nSPS) is 13.6. The lowest BCUT2D eigenvalue weighted by Crippen LogP contribution is -2.26. The van der Waals surface area contributed by atoms with E-state index in [0.717, 1.165) is 12.1 Å². The van der Waals surface area contributed by atoms with Crippen molar-refractivity contribution >= 4 is 5.91 Å². The van der Waals surface area contributed by atoms with Gasteiger partial charge in [0.25, 0.3) is 5.91 Å². The molecule has 0 bridgehead atoms. The number of carbonyl (C=O) groups is 1. The molecule has 1 aliphatic carbocycles. The third-order valence-corrected chi connectivity index (χ3v) is 2.71. The lowest BCUT2D eigenvalue weighted by atomic mass is 10.2. The predicted molar refractivity (Wildman–Crippen MR) is 67.9 cm³/mol. The molecule has 0 atom stereocenters. The summed E-state index contributed by atoms with van der Waals surface area (Å²) >= 11 is 0. The Morgan fingerprint density at radius 3 is 2.94 bits per heavy atom. The molecule has 4 nitrogen and oxygen atoms in total. The van der Waals surface area contributed by atoms with Gasteiger partial charge in [-0.3, -0.25) is 4.79 Å². The van der Waals surface area contributed by atoms with Gasteiger partial charge in [-0.25, -0.2) is 4.98 Å². The summed E-state index contributed by atoms with van der Waals surface area (Å²) in [7, 11) is 0. The summed E-state index contributed by atoms with van der Waals surface area (Å²) in [5, 5.41) is 11.5. The summed E-state index contributed by atoms with van der Waals surface area (Å²) in [5.74, 6) is 6.21. The zero-order valence-electron chi connectivity index (χ0n) is 10.1. The van der Waals surface area contributed by atoms with Crippen LogP contribution in [0.4, 0.5) is 0 Å². The van der Waals surface area contributed by atoms with Crippen LogP contribution in [-0.4, -0.2) is 29.1 Å². The molecule has 2 N–H and O–H groups in total. The van der Waals surface area contributed by atoms with Gasteiger partial charge in [-0.1, -0.05) is 11.8 Å². The number of amides is 1. The van der Waals surface area contributed by atoms with E-state index < -0.39 is 0 Å². The number of rotatable bonds is 4. The van der Waals surface area contributed by atoms with Crippen LogP contribution in [-0.2, 0) is 0 Å². The van der Waals surface area contributed by atoms with Gasteiger partial charge in [-0.05, 0) is 30.9 Å². The largest absolute Gasteiger partial charge is 0.395 e. The SMILES string of the molecule is O=C(NCC1CC1)c1ccc(C#CCCO)cn1. The maximum absolute atomic E-state index is 11.7. The van der Waals surface area contributed by atoms with Gasteiger partial charge in [0.2, 0.25) is 0 Å². The molecule has 1 fully saturated rings. The van der Waals surface area contributed by atoms with E-state index in [1.807, 2.05) is 0 Å². The Kier molecular flexibility index (Phi) is 4.32. The minimum atomic E-state index is -0.128. The maximum Gasteiger partial charge on any atom is 0.269 e. The number of aliphatic hydroxyl groups excluding tert-OH is 1. The Labute approximate surface area is 106 Å². The molecular formula is C14H16N2O2. The Morgan fingerprint density at radius 1 is 1.50 bits per heavy atom. The lowest BCUT2D eigenvalue weighted by molar-refractivity contribution is 0.0947. The zero-order chi connectivity index (χ0) is 12.8. The molecule has 1 aromatic heterocycles. The van der Waals surface area contributed by atoms with Gasteiger partial charge in [-0.2, -0.15) is 0 Å². The molecule has 0 unspecified atom stereocenters.